The maximum atomic E-state index is 11.1. The highest BCUT2D eigenvalue weighted by molar-refractivity contribution is 7.90. The van der Waals surface area contributed by atoms with Gasteiger partial charge >= 0.3 is 0 Å². The van der Waals surface area contributed by atoms with Crippen molar-refractivity contribution in [3.63, 3.8) is 0 Å². The van der Waals surface area contributed by atoms with Gasteiger partial charge in [-0.05, 0) is 19.4 Å². The lowest BCUT2D eigenvalue weighted by molar-refractivity contribution is 0.600. The van der Waals surface area contributed by atoms with Crippen molar-refractivity contribution >= 4 is 43.2 Å². The van der Waals surface area contributed by atoms with Gasteiger partial charge in [-0.25, -0.2) is 19.2 Å². The summed E-state index contributed by atoms with van der Waals surface area (Å²) in [5.41, 5.74) is 2.43. The van der Waals surface area contributed by atoms with Crippen molar-refractivity contribution in [2.75, 3.05) is 29.3 Å². The number of fused-ring (bicyclic) bond motifs is 1. The maximum absolute atomic E-state index is 11.1. The average Bonchev–Trinajstić information content (AvgIpc) is 2.73. The van der Waals surface area contributed by atoms with Gasteiger partial charge in [0.25, 0.3) is 0 Å². The molecule has 20 heavy (non-hydrogen) atoms. The Balaban J connectivity index is 2.15. The van der Waals surface area contributed by atoms with Gasteiger partial charge in [-0.1, -0.05) is 0 Å². The highest BCUT2D eigenvalue weighted by Gasteiger charge is 2.10. The molecule has 0 unspecified atom stereocenters. The second kappa shape index (κ2) is 5.90. The van der Waals surface area contributed by atoms with Crippen LogP contribution in [0.2, 0.25) is 0 Å². The van der Waals surface area contributed by atoms with Gasteiger partial charge < -0.3 is 5.32 Å². The summed E-state index contributed by atoms with van der Waals surface area (Å²) in [5, 5.41) is 4.07. The molecule has 0 aliphatic carbocycles. The first-order valence-electron chi connectivity index (χ1n) is 6.05. The molecular weight excluding hydrogens is 298 g/mol. The van der Waals surface area contributed by atoms with E-state index in [0.29, 0.717) is 24.7 Å². The van der Waals surface area contributed by atoms with Gasteiger partial charge in [-0.2, -0.15) is 4.98 Å². The van der Waals surface area contributed by atoms with Crippen molar-refractivity contribution in [3.8, 4) is 0 Å². The van der Waals surface area contributed by atoms with Crippen LogP contribution < -0.4 is 16.6 Å². The zero-order chi connectivity index (χ0) is 14.8. The number of rotatable bonds is 6. The third kappa shape index (κ3) is 3.78. The van der Waals surface area contributed by atoms with Crippen molar-refractivity contribution < 1.29 is 8.42 Å². The van der Waals surface area contributed by atoms with E-state index in [1.54, 1.807) is 11.3 Å². The van der Waals surface area contributed by atoms with Gasteiger partial charge in [-0.15, -0.1) is 11.3 Å². The third-order valence-electron chi connectivity index (χ3n) is 2.63. The lowest BCUT2D eigenvalue weighted by Gasteiger charge is -2.08. The summed E-state index contributed by atoms with van der Waals surface area (Å²) < 4.78 is 22.2. The summed E-state index contributed by atoms with van der Waals surface area (Å²) in [6, 6.07) is 2.00. The van der Waals surface area contributed by atoms with Crippen LogP contribution in [0.15, 0.2) is 6.07 Å². The van der Waals surface area contributed by atoms with Crippen molar-refractivity contribution in [1.29, 1.82) is 0 Å². The number of thiophene rings is 1. The molecule has 0 fully saturated rings. The maximum Gasteiger partial charge on any atom is 0.240 e. The second-order valence-electron chi connectivity index (χ2n) is 4.53. The van der Waals surface area contributed by atoms with Gasteiger partial charge in [0.2, 0.25) is 5.95 Å². The molecule has 4 N–H and O–H groups in total. The summed E-state index contributed by atoms with van der Waals surface area (Å²) in [6.45, 7) is 2.52. The Hall–Kier alpha value is -1.45. The van der Waals surface area contributed by atoms with E-state index in [4.69, 9.17) is 5.84 Å². The van der Waals surface area contributed by atoms with Crippen LogP contribution in [0, 0.1) is 6.92 Å². The molecule has 0 aliphatic heterocycles. The van der Waals surface area contributed by atoms with E-state index in [-0.39, 0.29) is 5.75 Å². The minimum atomic E-state index is -2.93. The van der Waals surface area contributed by atoms with Crippen molar-refractivity contribution in [1.82, 2.24) is 9.97 Å². The zero-order valence-corrected chi connectivity index (χ0v) is 12.9. The Morgan fingerprint density at radius 1 is 1.40 bits per heavy atom. The monoisotopic (exact) mass is 315 g/mol. The normalized spacial score (nSPS) is 11.8. The van der Waals surface area contributed by atoms with Crippen molar-refractivity contribution in [2.24, 2.45) is 5.84 Å². The molecular formula is C11H17N5O2S2. The number of anilines is 2. The van der Waals surface area contributed by atoms with Crippen LogP contribution in [0.25, 0.3) is 10.2 Å². The number of sulfone groups is 1. The first-order valence-corrected chi connectivity index (χ1v) is 8.93. The van der Waals surface area contributed by atoms with Crippen LogP contribution in [0.5, 0.6) is 0 Å². The van der Waals surface area contributed by atoms with Crippen LogP contribution >= 0.6 is 11.3 Å². The molecule has 2 heterocycles. The smallest absolute Gasteiger partial charge is 0.240 e. The van der Waals surface area contributed by atoms with Gasteiger partial charge in [0.05, 0.1) is 11.1 Å². The molecule has 0 aliphatic rings. The number of nitrogen functional groups attached to an aromatic ring is 1. The summed E-state index contributed by atoms with van der Waals surface area (Å²) in [7, 11) is -2.93. The minimum absolute atomic E-state index is 0.152. The molecule has 0 radical (unpaired) electrons. The molecule has 0 amide bonds. The lowest BCUT2D eigenvalue weighted by atomic mass is 10.3. The van der Waals surface area contributed by atoms with E-state index < -0.39 is 9.84 Å². The highest BCUT2D eigenvalue weighted by Crippen LogP contribution is 2.29. The SMILES string of the molecule is Cc1cc2c(NCCCS(C)(=O)=O)nc(NN)nc2s1. The summed E-state index contributed by atoms with van der Waals surface area (Å²) >= 11 is 1.56. The van der Waals surface area contributed by atoms with Crippen LogP contribution in [0.1, 0.15) is 11.3 Å². The molecule has 2 rings (SSSR count). The Morgan fingerprint density at radius 3 is 2.80 bits per heavy atom. The molecule has 2 aromatic heterocycles. The van der Waals surface area contributed by atoms with E-state index >= 15 is 0 Å². The number of hydrogen-bond donors (Lipinski definition) is 3. The second-order valence-corrected chi connectivity index (χ2v) is 8.02. The van der Waals surface area contributed by atoms with Crippen molar-refractivity contribution in [3.05, 3.63) is 10.9 Å². The van der Waals surface area contributed by atoms with Crippen LogP contribution in [0.3, 0.4) is 0 Å². The molecule has 0 aromatic carbocycles. The molecule has 0 saturated carbocycles. The molecule has 0 spiro atoms. The van der Waals surface area contributed by atoms with Crippen molar-refractivity contribution in [2.45, 2.75) is 13.3 Å². The predicted octanol–water partition coefficient (Wildman–Crippen LogP) is 1.13. The molecule has 0 bridgehead atoms. The number of nitrogens with two attached hydrogens (primary N) is 1. The summed E-state index contributed by atoms with van der Waals surface area (Å²) in [4.78, 5) is 10.5. The Morgan fingerprint density at radius 2 is 2.15 bits per heavy atom. The van der Waals surface area contributed by atoms with E-state index in [2.05, 4.69) is 20.7 Å². The highest BCUT2D eigenvalue weighted by atomic mass is 32.2. The number of nitrogens with one attached hydrogen (secondary N) is 2. The quantitative estimate of drug-likeness (QED) is 0.416. The lowest BCUT2D eigenvalue weighted by Crippen LogP contribution is -2.13. The third-order valence-corrected chi connectivity index (χ3v) is 4.60. The van der Waals surface area contributed by atoms with E-state index in [9.17, 15) is 8.42 Å². The molecule has 0 atom stereocenters. The average molecular weight is 315 g/mol. The van der Waals surface area contributed by atoms with E-state index in [1.165, 1.54) is 6.26 Å². The number of aromatic nitrogens is 2. The van der Waals surface area contributed by atoms with Crippen LogP contribution in [0.4, 0.5) is 11.8 Å². The van der Waals surface area contributed by atoms with Crippen LogP contribution in [-0.4, -0.2) is 36.9 Å². The molecule has 0 saturated heterocycles. The first-order chi connectivity index (χ1) is 9.39. The van der Waals surface area contributed by atoms with E-state index in [1.807, 2.05) is 13.0 Å². The topological polar surface area (TPSA) is 110 Å². The molecule has 9 heteroatoms. The number of aryl methyl sites for hydroxylation is 1. The van der Waals surface area contributed by atoms with Gasteiger partial charge in [-0.3, -0.25) is 5.43 Å². The fourth-order valence-electron chi connectivity index (χ4n) is 1.78. The zero-order valence-electron chi connectivity index (χ0n) is 11.3. The Labute approximate surface area is 121 Å². The predicted molar refractivity (Wildman–Crippen MR) is 82.8 cm³/mol. The fourth-order valence-corrected chi connectivity index (χ4v) is 3.33. The minimum Gasteiger partial charge on any atom is -0.369 e. The summed E-state index contributed by atoms with van der Waals surface area (Å²) in [6.07, 6.45) is 1.76. The number of hydrogen-bond acceptors (Lipinski definition) is 8. The number of hydrazine groups is 1. The largest absolute Gasteiger partial charge is 0.369 e. The number of nitrogens with zero attached hydrogens (tertiary/aromatic N) is 2. The van der Waals surface area contributed by atoms with Gasteiger partial charge in [0, 0.05) is 17.7 Å². The Kier molecular flexibility index (Phi) is 4.41. The molecule has 7 nitrogen and oxygen atoms in total. The van der Waals surface area contributed by atoms with Gasteiger partial charge in [0.1, 0.15) is 20.5 Å². The van der Waals surface area contributed by atoms with E-state index in [0.717, 1.165) is 15.1 Å². The summed E-state index contributed by atoms with van der Waals surface area (Å²) in [5.74, 6) is 6.51. The standard InChI is InChI=1S/C11H17N5O2S2/c1-7-6-8-9(13-4-3-5-20(2,17)18)14-11(16-12)15-10(8)19-7/h6H,3-5,12H2,1-2H3,(H2,13,14,15,16). The fraction of sp³-hybridized carbons (Fsp3) is 0.455. The molecule has 110 valence electrons. The first kappa shape index (κ1) is 14.9. The Bertz CT molecular complexity index is 711. The van der Waals surface area contributed by atoms with Gasteiger partial charge in [0.15, 0.2) is 0 Å². The van der Waals surface area contributed by atoms with Crippen LogP contribution in [-0.2, 0) is 9.84 Å². The molecule has 2 aromatic rings.